The molecule has 0 bridgehead atoms. The molecule has 382 valence electrons. The van der Waals surface area contributed by atoms with E-state index in [4.69, 9.17) is 0 Å². The van der Waals surface area contributed by atoms with Crippen molar-refractivity contribution in [3.8, 4) is 5.69 Å². The third-order valence-electron chi connectivity index (χ3n) is 16.9. The van der Waals surface area contributed by atoms with Crippen molar-refractivity contribution in [1.29, 1.82) is 0 Å². The quantitative estimate of drug-likeness (QED) is 0.152. The molecule has 4 saturated heterocycles. The van der Waals surface area contributed by atoms with Crippen molar-refractivity contribution in [2.75, 3.05) is 64.2 Å². The van der Waals surface area contributed by atoms with Gasteiger partial charge < -0.3 is 14.8 Å². The fraction of sp³-hybridized carbons (Fsp3) is 0.491. The highest BCUT2D eigenvalue weighted by Gasteiger charge is 2.36. The van der Waals surface area contributed by atoms with Crippen molar-refractivity contribution in [1.82, 2.24) is 48.2 Å². The Morgan fingerprint density at radius 2 is 1.58 bits per heavy atom. The van der Waals surface area contributed by atoms with Gasteiger partial charge >= 0.3 is 5.69 Å². The molecule has 9 heterocycles. The van der Waals surface area contributed by atoms with E-state index in [-0.39, 0.29) is 52.6 Å². The first-order valence-corrected chi connectivity index (χ1v) is 26.3. The van der Waals surface area contributed by atoms with Crippen LogP contribution in [0.1, 0.15) is 109 Å². The predicted molar refractivity (Wildman–Crippen MR) is 273 cm³/mol. The lowest BCUT2D eigenvalue weighted by Gasteiger charge is -2.42. The molecule has 5 fully saturated rings. The van der Waals surface area contributed by atoms with Gasteiger partial charge in [-0.3, -0.25) is 52.9 Å². The Balaban J connectivity index is 0.624. The summed E-state index contributed by atoms with van der Waals surface area (Å²) in [7, 11) is 1.98. The molecule has 2 aromatic carbocycles. The summed E-state index contributed by atoms with van der Waals surface area (Å²) in [5.74, 6) is -2.26. The van der Waals surface area contributed by atoms with Crippen molar-refractivity contribution >= 4 is 45.5 Å². The van der Waals surface area contributed by atoms with Crippen LogP contribution in [0.25, 0.3) is 27.8 Å². The molecule has 18 heteroatoms. The molecule has 5 aliphatic heterocycles. The molecule has 12 rings (SSSR count). The monoisotopic (exact) mass is 995 g/mol. The van der Waals surface area contributed by atoms with Crippen LogP contribution in [0.5, 0.6) is 0 Å². The number of anilines is 1. The van der Waals surface area contributed by atoms with E-state index in [2.05, 4.69) is 60.0 Å². The van der Waals surface area contributed by atoms with Gasteiger partial charge in [0.05, 0.1) is 16.7 Å². The summed E-state index contributed by atoms with van der Waals surface area (Å²) in [6.45, 7) is 10.4. The standard InChI is InChI=1S/C55H63F2N11O5/c1-33-29-63(30-35-3-6-46-48(25-35)67(38-4-5-38)55(73)68(46)47-7-8-49(69)60-52(47)70)23-24-65(33)31-34-11-20-64(21-12-34)53(71)37-26-42(56)50(43(57)27-37)36-13-18-62(19-14-36)32-39-28-41-45(10-17-59-51(41)61(39)2)66-22-15-44-40(54(66)72)9-16-58-44/h3,6,10,15,17,22,25-28,33-34,36,38,47,58H,4-5,7-9,11-14,16,18-21,23-24,29-32H2,1-2H3,(H,60,69,70)/t33-,47?/m0/s1. The number of amides is 3. The lowest BCUT2D eigenvalue weighted by Crippen LogP contribution is -2.53. The van der Waals surface area contributed by atoms with Gasteiger partial charge in [0.2, 0.25) is 11.8 Å². The number of fused-ring (bicyclic) bond motifs is 3. The summed E-state index contributed by atoms with van der Waals surface area (Å²) in [6, 6.07) is 14.3. The second-order valence-electron chi connectivity index (χ2n) is 21.6. The number of hydrogen-bond acceptors (Lipinski definition) is 10. The number of likely N-dealkylation sites (tertiary alicyclic amines) is 2. The topological polar surface area (TPSA) is 155 Å². The lowest BCUT2D eigenvalue weighted by molar-refractivity contribution is -0.135. The minimum Gasteiger partial charge on any atom is -0.384 e. The minimum absolute atomic E-state index is 0.0230. The second-order valence-corrected chi connectivity index (χ2v) is 21.6. The molecule has 6 aliphatic rings. The molecule has 6 aromatic rings. The molecule has 2 N–H and O–H groups in total. The van der Waals surface area contributed by atoms with Crippen molar-refractivity contribution in [3.63, 3.8) is 0 Å². The van der Waals surface area contributed by atoms with Gasteiger partial charge in [-0.15, -0.1) is 0 Å². The van der Waals surface area contributed by atoms with E-state index in [1.807, 2.05) is 36.0 Å². The Hall–Kier alpha value is -6.50. The van der Waals surface area contributed by atoms with E-state index >= 15 is 8.78 Å². The smallest absolute Gasteiger partial charge is 0.330 e. The molecule has 16 nitrogen and oxygen atoms in total. The molecular formula is C55H63F2N11O5. The van der Waals surface area contributed by atoms with Crippen LogP contribution in [0, 0.1) is 17.6 Å². The van der Waals surface area contributed by atoms with Crippen LogP contribution in [0.2, 0.25) is 0 Å². The Kier molecular flexibility index (Phi) is 12.4. The molecular weight excluding hydrogens is 933 g/mol. The average molecular weight is 996 g/mol. The molecule has 1 saturated carbocycles. The van der Waals surface area contributed by atoms with Crippen molar-refractivity contribution in [3.05, 3.63) is 121 Å². The molecule has 0 spiro atoms. The number of imidazole rings is 1. The van der Waals surface area contributed by atoms with Crippen LogP contribution >= 0.6 is 0 Å². The van der Waals surface area contributed by atoms with Crippen LogP contribution in [-0.4, -0.2) is 126 Å². The van der Waals surface area contributed by atoms with Crippen molar-refractivity contribution in [2.45, 2.75) is 102 Å². The van der Waals surface area contributed by atoms with Gasteiger partial charge in [-0.05, 0) is 131 Å². The molecule has 1 aliphatic carbocycles. The maximum atomic E-state index is 15.9. The zero-order chi connectivity index (χ0) is 50.2. The van der Waals surface area contributed by atoms with Crippen LogP contribution in [0.4, 0.5) is 14.5 Å². The number of benzene rings is 2. The number of aryl methyl sites for hydroxylation is 1. The number of carbonyl (C=O) groups is 3. The summed E-state index contributed by atoms with van der Waals surface area (Å²) in [6.07, 6.45) is 9.45. The normalized spacial score (nSPS) is 21.8. The molecule has 4 aromatic heterocycles. The SMILES string of the molecule is C[C@H]1CN(Cc2ccc3c(c2)n(C2CC2)c(=O)n3C2CCC(=O)NC2=O)CCN1CC1CCN(C(=O)c2cc(F)c(C3CCN(Cc4cc5c(-n6ccc7c(c6=O)CCN7)ccnc5n4C)CC3)c(F)c2)CC1. The van der Waals surface area contributed by atoms with Gasteiger partial charge in [0, 0.05) is 130 Å². The van der Waals surface area contributed by atoms with Crippen LogP contribution in [-0.2, 0) is 36.1 Å². The summed E-state index contributed by atoms with van der Waals surface area (Å²) in [4.78, 5) is 79.3. The number of carbonyl (C=O) groups excluding carboxylic acids is 3. The number of aromatic nitrogens is 5. The van der Waals surface area contributed by atoms with Gasteiger partial charge in [0.25, 0.3) is 11.5 Å². The fourth-order valence-electron chi connectivity index (χ4n) is 12.7. The lowest BCUT2D eigenvalue weighted by atomic mass is 9.87. The third-order valence-corrected chi connectivity index (χ3v) is 16.9. The number of piperazine rings is 1. The highest BCUT2D eigenvalue weighted by molar-refractivity contribution is 6.00. The number of piperidine rings is 3. The number of nitrogens with one attached hydrogen (secondary N) is 2. The van der Waals surface area contributed by atoms with Crippen molar-refractivity contribution in [2.24, 2.45) is 13.0 Å². The Bertz CT molecular complexity index is 3280. The van der Waals surface area contributed by atoms with E-state index in [0.29, 0.717) is 70.4 Å². The second kappa shape index (κ2) is 19.1. The number of hydrogen-bond donors (Lipinski definition) is 2. The average Bonchev–Trinajstić information content (AvgIpc) is 3.89. The zero-order valence-corrected chi connectivity index (χ0v) is 41.6. The first-order valence-electron chi connectivity index (χ1n) is 26.3. The van der Waals surface area contributed by atoms with E-state index in [9.17, 15) is 24.0 Å². The summed E-state index contributed by atoms with van der Waals surface area (Å²) < 4.78 is 39.1. The first-order chi connectivity index (χ1) is 35.4. The summed E-state index contributed by atoms with van der Waals surface area (Å²) >= 11 is 0. The van der Waals surface area contributed by atoms with E-state index in [0.717, 1.165) is 115 Å². The molecule has 2 atom stereocenters. The Morgan fingerprint density at radius 3 is 2.32 bits per heavy atom. The molecule has 1 unspecified atom stereocenters. The Labute approximate surface area is 421 Å². The fourth-order valence-corrected chi connectivity index (χ4v) is 12.7. The molecule has 3 amide bonds. The zero-order valence-electron chi connectivity index (χ0n) is 41.6. The minimum atomic E-state index is -0.701. The number of halogens is 2. The maximum absolute atomic E-state index is 15.9. The number of imide groups is 1. The van der Waals surface area contributed by atoms with Gasteiger partial charge in [-0.1, -0.05) is 6.07 Å². The highest BCUT2D eigenvalue weighted by Crippen LogP contribution is 2.38. The van der Waals surface area contributed by atoms with E-state index in [1.165, 1.54) is 12.1 Å². The van der Waals surface area contributed by atoms with Gasteiger partial charge in [-0.25, -0.2) is 18.6 Å². The van der Waals surface area contributed by atoms with E-state index < -0.39 is 23.6 Å². The number of rotatable bonds is 11. The Morgan fingerprint density at radius 1 is 0.795 bits per heavy atom. The first kappa shape index (κ1) is 47.5. The molecule has 73 heavy (non-hydrogen) atoms. The molecule has 0 radical (unpaired) electrons. The summed E-state index contributed by atoms with van der Waals surface area (Å²) in [5, 5.41) is 6.58. The largest absolute Gasteiger partial charge is 0.384 e. The highest BCUT2D eigenvalue weighted by atomic mass is 19.1. The number of nitrogens with zero attached hydrogens (tertiary/aromatic N) is 9. The van der Waals surface area contributed by atoms with Crippen LogP contribution < -0.4 is 21.9 Å². The van der Waals surface area contributed by atoms with Crippen molar-refractivity contribution < 1.29 is 23.2 Å². The summed E-state index contributed by atoms with van der Waals surface area (Å²) in [5.41, 5.74) is 6.91. The van der Waals surface area contributed by atoms with E-state index in [1.54, 1.807) is 20.2 Å². The number of pyridine rings is 2. The predicted octanol–water partition coefficient (Wildman–Crippen LogP) is 5.84. The van der Waals surface area contributed by atoms with Gasteiger partial charge in [-0.2, -0.15) is 0 Å². The van der Waals surface area contributed by atoms with Gasteiger partial charge in [0.15, 0.2) is 0 Å². The van der Waals surface area contributed by atoms with Crippen LogP contribution in [0.15, 0.2) is 70.5 Å². The third kappa shape index (κ3) is 8.88. The van der Waals surface area contributed by atoms with Gasteiger partial charge in [0.1, 0.15) is 23.3 Å². The van der Waals surface area contributed by atoms with Crippen LogP contribution in [0.3, 0.4) is 0 Å². The maximum Gasteiger partial charge on any atom is 0.330 e.